The van der Waals surface area contributed by atoms with Gasteiger partial charge in [0.05, 0.1) is 0 Å². The van der Waals surface area contributed by atoms with E-state index < -0.39 is 11.4 Å². The van der Waals surface area contributed by atoms with Crippen molar-refractivity contribution in [3.63, 3.8) is 0 Å². The van der Waals surface area contributed by atoms with Gasteiger partial charge in [-0.25, -0.2) is 4.39 Å². The molecule has 0 spiro atoms. The number of benzene rings is 2. The number of amides is 2. The summed E-state index contributed by atoms with van der Waals surface area (Å²) in [6.07, 6.45) is 8.18. The minimum atomic E-state index is -1.16. The minimum Gasteiger partial charge on any atom is -0.351 e. The number of anilines is 1. The Balaban J connectivity index is 0.00000132. The molecule has 2 aliphatic carbocycles. The van der Waals surface area contributed by atoms with Gasteiger partial charge in [0, 0.05) is 11.7 Å². The highest BCUT2D eigenvalue weighted by atomic mass is 19.1. The van der Waals surface area contributed by atoms with Gasteiger partial charge in [-0.15, -0.1) is 0 Å². The molecule has 0 saturated heterocycles. The number of carbonyl (C=O) groups excluding carboxylic acids is 2. The standard InChI is InChI=1S/C24H27FN2O2.C2H6/c25-19-10-6-13-21(16-19)27(17-28)24(23(29)26-20-11-2-1-3-12-20)15-7-9-18-8-4-5-14-22(18)24;1-2/h4-6,8,10,13-14,16-17,20H,1-3,7,9,11-12,15H2,(H,26,29);1-2H3. The monoisotopic (exact) mass is 424 g/mol. The highest BCUT2D eigenvalue weighted by molar-refractivity contribution is 5.98. The van der Waals surface area contributed by atoms with Gasteiger partial charge in [-0.05, 0) is 61.4 Å². The average molecular weight is 425 g/mol. The Morgan fingerprint density at radius 2 is 1.81 bits per heavy atom. The van der Waals surface area contributed by atoms with E-state index in [1.165, 1.54) is 23.5 Å². The number of nitrogens with one attached hydrogen (secondary N) is 1. The predicted octanol–water partition coefficient (Wildman–Crippen LogP) is 5.50. The smallest absolute Gasteiger partial charge is 0.251 e. The lowest BCUT2D eigenvalue weighted by Crippen LogP contribution is -2.59. The van der Waals surface area contributed by atoms with E-state index in [1.807, 2.05) is 38.1 Å². The molecule has 2 aromatic carbocycles. The molecule has 31 heavy (non-hydrogen) atoms. The van der Waals surface area contributed by atoms with Gasteiger partial charge in [-0.2, -0.15) is 0 Å². The van der Waals surface area contributed by atoms with E-state index in [-0.39, 0.29) is 11.9 Å². The first kappa shape index (κ1) is 23.0. The fraction of sp³-hybridized carbons (Fsp3) is 0.462. The lowest BCUT2D eigenvalue weighted by molar-refractivity contribution is -0.130. The van der Waals surface area contributed by atoms with Crippen molar-refractivity contribution in [3.05, 3.63) is 65.5 Å². The topological polar surface area (TPSA) is 49.4 Å². The molecule has 1 atom stereocenters. The van der Waals surface area contributed by atoms with Gasteiger partial charge in [0.2, 0.25) is 6.41 Å². The molecule has 0 aromatic heterocycles. The Morgan fingerprint density at radius 1 is 1.06 bits per heavy atom. The molecule has 0 heterocycles. The predicted molar refractivity (Wildman–Crippen MR) is 122 cm³/mol. The molecule has 0 radical (unpaired) electrons. The van der Waals surface area contributed by atoms with Crippen molar-refractivity contribution >= 4 is 18.0 Å². The number of halogens is 1. The van der Waals surface area contributed by atoms with Crippen molar-refractivity contribution < 1.29 is 14.0 Å². The Morgan fingerprint density at radius 3 is 2.52 bits per heavy atom. The van der Waals surface area contributed by atoms with Crippen LogP contribution in [0.25, 0.3) is 0 Å². The highest BCUT2D eigenvalue weighted by Crippen LogP contribution is 2.42. The van der Waals surface area contributed by atoms with Gasteiger partial charge in [-0.1, -0.05) is 63.4 Å². The van der Waals surface area contributed by atoms with Crippen molar-refractivity contribution in [2.75, 3.05) is 4.90 Å². The quantitative estimate of drug-likeness (QED) is 0.645. The maximum Gasteiger partial charge on any atom is 0.251 e. The largest absolute Gasteiger partial charge is 0.351 e. The van der Waals surface area contributed by atoms with Crippen molar-refractivity contribution in [3.8, 4) is 0 Å². The summed E-state index contributed by atoms with van der Waals surface area (Å²) in [5.41, 5.74) is 1.15. The summed E-state index contributed by atoms with van der Waals surface area (Å²) in [6.45, 7) is 4.00. The molecule has 2 amide bonds. The second-order valence-electron chi connectivity index (χ2n) is 8.13. The Labute approximate surface area is 184 Å². The molecule has 2 aromatic rings. The fourth-order valence-electron chi connectivity index (χ4n) is 4.96. The van der Waals surface area contributed by atoms with Crippen LogP contribution in [-0.2, 0) is 21.5 Å². The van der Waals surface area contributed by atoms with Gasteiger partial charge in [-0.3, -0.25) is 14.5 Å². The third-order valence-corrected chi connectivity index (χ3v) is 6.37. The number of hydrogen-bond donors (Lipinski definition) is 1. The Kier molecular flexibility index (Phi) is 7.83. The third-order valence-electron chi connectivity index (χ3n) is 6.37. The highest BCUT2D eigenvalue weighted by Gasteiger charge is 2.49. The first-order chi connectivity index (χ1) is 15.1. The number of fused-ring (bicyclic) bond motifs is 1. The van der Waals surface area contributed by atoms with Crippen molar-refractivity contribution in [1.82, 2.24) is 5.32 Å². The summed E-state index contributed by atoms with van der Waals surface area (Å²) in [4.78, 5) is 27.6. The zero-order valence-corrected chi connectivity index (χ0v) is 18.6. The summed E-state index contributed by atoms with van der Waals surface area (Å²) in [5.74, 6) is -0.589. The Bertz CT molecular complexity index is 894. The normalized spacial score (nSPS) is 20.6. The van der Waals surface area contributed by atoms with Gasteiger partial charge < -0.3 is 5.32 Å². The summed E-state index contributed by atoms with van der Waals surface area (Å²) < 4.78 is 14.0. The zero-order chi connectivity index (χ0) is 22.3. The average Bonchev–Trinajstić information content (AvgIpc) is 2.81. The zero-order valence-electron chi connectivity index (χ0n) is 18.6. The van der Waals surface area contributed by atoms with Crippen LogP contribution < -0.4 is 10.2 Å². The van der Waals surface area contributed by atoms with Crippen LogP contribution >= 0.6 is 0 Å². The van der Waals surface area contributed by atoms with Crippen molar-refractivity contribution in [2.24, 2.45) is 0 Å². The van der Waals surface area contributed by atoms with E-state index in [0.29, 0.717) is 18.5 Å². The molecule has 1 unspecified atom stereocenters. The van der Waals surface area contributed by atoms with Crippen molar-refractivity contribution in [1.29, 1.82) is 0 Å². The number of rotatable bonds is 5. The lowest BCUT2D eigenvalue weighted by Gasteiger charge is -2.45. The maximum absolute atomic E-state index is 14.0. The molecular formula is C26H33FN2O2. The summed E-state index contributed by atoms with van der Waals surface area (Å²) >= 11 is 0. The molecule has 4 nitrogen and oxygen atoms in total. The summed E-state index contributed by atoms with van der Waals surface area (Å²) in [7, 11) is 0. The SMILES string of the molecule is CC.O=CN(c1cccc(F)c1)C1(C(=O)NC2CCCCC2)CCCc2ccccc21. The molecule has 166 valence electrons. The number of hydrogen-bond acceptors (Lipinski definition) is 2. The van der Waals surface area contributed by atoms with E-state index in [9.17, 15) is 14.0 Å². The summed E-state index contributed by atoms with van der Waals surface area (Å²) in [6, 6.07) is 13.9. The second kappa shape index (κ2) is 10.6. The molecule has 0 aliphatic heterocycles. The molecule has 1 saturated carbocycles. The first-order valence-corrected chi connectivity index (χ1v) is 11.5. The Hall–Kier alpha value is -2.69. The van der Waals surface area contributed by atoms with Gasteiger partial charge >= 0.3 is 0 Å². The number of nitrogens with zero attached hydrogens (tertiary/aromatic N) is 1. The van der Waals surface area contributed by atoms with E-state index in [1.54, 1.807) is 12.1 Å². The number of aryl methyl sites for hydroxylation is 1. The fourth-order valence-corrected chi connectivity index (χ4v) is 4.96. The molecule has 1 fully saturated rings. The summed E-state index contributed by atoms with van der Waals surface area (Å²) in [5, 5.41) is 3.24. The van der Waals surface area contributed by atoms with Crippen LogP contribution in [0.15, 0.2) is 48.5 Å². The van der Waals surface area contributed by atoms with Crippen LogP contribution in [-0.4, -0.2) is 18.4 Å². The van der Waals surface area contributed by atoms with Crippen LogP contribution in [0.2, 0.25) is 0 Å². The molecule has 2 aliphatic rings. The third kappa shape index (κ3) is 4.65. The van der Waals surface area contributed by atoms with Crippen LogP contribution in [0.3, 0.4) is 0 Å². The van der Waals surface area contributed by atoms with E-state index >= 15 is 0 Å². The van der Waals surface area contributed by atoms with Crippen molar-refractivity contribution in [2.45, 2.75) is 76.8 Å². The van der Waals surface area contributed by atoms with Crippen LogP contribution in [0.4, 0.5) is 10.1 Å². The lowest BCUT2D eigenvalue weighted by atomic mass is 9.74. The van der Waals surface area contributed by atoms with Gasteiger partial charge in [0.15, 0.2) is 5.54 Å². The number of carbonyl (C=O) groups is 2. The minimum absolute atomic E-state index is 0.128. The molecule has 4 rings (SSSR count). The maximum atomic E-state index is 14.0. The van der Waals surface area contributed by atoms with Gasteiger partial charge in [0.1, 0.15) is 5.82 Å². The van der Waals surface area contributed by atoms with Crippen LogP contribution in [0.5, 0.6) is 0 Å². The molecular weight excluding hydrogens is 391 g/mol. The van der Waals surface area contributed by atoms with E-state index in [4.69, 9.17) is 0 Å². The van der Waals surface area contributed by atoms with Crippen LogP contribution in [0, 0.1) is 5.82 Å². The molecule has 5 heteroatoms. The molecule has 0 bridgehead atoms. The molecule has 1 N–H and O–H groups in total. The second-order valence-corrected chi connectivity index (χ2v) is 8.13. The van der Waals surface area contributed by atoms with Gasteiger partial charge in [0.25, 0.3) is 5.91 Å². The van der Waals surface area contributed by atoms with Crippen LogP contribution in [0.1, 0.15) is 69.9 Å². The first-order valence-electron chi connectivity index (χ1n) is 11.5. The van der Waals surface area contributed by atoms with E-state index in [0.717, 1.165) is 49.7 Å². The van der Waals surface area contributed by atoms with E-state index in [2.05, 4.69) is 5.32 Å².